The van der Waals surface area contributed by atoms with E-state index < -0.39 is 0 Å². The lowest BCUT2D eigenvalue weighted by Crippen LogP contribution is -2.38. The van der Waals surface area contributed by atoms with Gasteiger partial charge in [-0.2, -0.15) is 0 Å². The molecule has 1 unspecified atom stereocenters. The summed E-state index contributed by atoms with van der Waals surface area (Å²) in [6, 6.07) is 7.29. The van der Waals surface area contributed by atoms with Crippen LogP contribution in [0.25, 0.3) is 6.08 Å². The molecule has 0 heterocycles. The van der Waals surface area contributed by atoms with Crippen molar-refractivity contribution in [3.8, 4) is 0 Å². The molecule has 0 saturated carbocycles. The maximum Gasteiger partial charge on any atom is 0.244 e. The van der Waals surface area contributed by atoms with Crippen molar-refractivity contribution < 1.29 is 9.90 Å². The van der Waals surface area contributed by atoms with Gasteiger partial charge in [-0.15, -0.1) is 0 Å². The predicted octanol–water partition coefficient (Wildman–Crippen LogP) is 1.81. The molecular formula is C15H22N2O2. The number of nitrogen functional groups attached to an aromatic ring is 1. The number of aliphatic hydroxyl groups excluding tert-OH is 1. The number of hydrogen-bond donors (Lipinski definition) is 3. The third-order valence-corrected chi connectivity index (χ3v) is 2.94. The minimum atomic E-state index is -0.149. The molecule has 0 spiro atoms. The Morgan fingerprint density at radius 1 is 1.37 bits per heavy atom. The standard InChI is InChI=1S/C15H22N2O2/c1-11(2)14(9-10-18)17-15(19)8-5-12-3-6-13(16)7-4-12/h3-8,11,14,18H,9-10,16H2,1-2H3,(H,17,19)/b8-5+. The van der Waals surface area contributed by atoms with Gasteiger partial charge in [0.1, 0.15) is 0 Å². The van der Waals surface area contributed by atoms with Gasteiger partial charge in [0, 0.05) is 24.4 Å². The zero-order valence-corrected chi connectivity index (χ0v) is 11.5. The maximum absolute atomic E-state index is 11.8. The number of anilines is 1. The molecule has 4 heteroatoms. The highest BCUT2D eigenvalue weighted by Gasteiger charge is 2.13. The molecule has 1 atom stereocenters. The first-order valence-electron chi connectivity index (χ1n) is 6.48. The Bertz CT molecular complexity index is 424. The Balaban J connectivity index is 2.56. The van der Waals surface area contributed by atoms with Crippen molar-refractivity contribution in [1.82, 2.24) is 5.32 Å². The minimum absolute atomic E-state index is 0.00596. The van der Waals surface area contributed by atoms with Crippen LogP contribution in [-0.2, 0) is 4.79 Å². The summed E-state index contributed by atoms with van der Waals surface area (Å²) in [4.78, 5) is 11.8. The van der Waals surface area contributed by atoms with Gasteiger partial charge < -0.3 is 16.2 Å². The van der Waals surface area contributed by atoms with Gasteiger partial charge in [0.25, 0.3) is 0 Å². The molecule has 0 bridgehead atoms. The topological polar surface area (TPSA) is 75.3 Å². The van der Waals surface area contributed by atoms with Crippen LogP contribution in [-0.4, -0.2) is 23.7 Å². The van der Waals surface area contributed by atoms with Crippen LogP contribution in [0, 0.1) is 5.92 Å². The summed E-state index contributed by atoms with van der Waals surface area (Å²) in [5.41, 5.74) is 7.21. The molecule has 4 nitrogen and oxygen atoms in total. The monoisotopic (exact) mass is 262 g/mol. The molecule has 0 aliphatic rings. The first kappa shape index (κ1) is 15.2. The van der Waals surface area contributed by atoms with Crippen LogP contribution in [0.5, 0.6) is 0 Å². The molecule has 4 N–H and O–H groups in total. The second-order valence-electron chi connectivity index (χ2n) is 4.87. The Kier molecular flexibility index (Phi) is 6.09. The molecule has 0 fully saturated rings. The normalized spacial score (nSPS) is 12.8. The highest BCUT2D eigenvalue weighted by Crippen LogP contribution is 2.08. The van der Waals surface area contributed by atoms with E-state index in [1.807, 2.05) is 26.0 Å². The number of hydrogen-bond acceptors (Lipinski definition) is 3. The lowest BCUT2D eigenvalue weighted by Gasteiger charge is -2.20. The van der Waals surface area contributed by atoms with Crippen molar-refractivity contribution >= 4 is 17.7 Å². The Hall–Kier alpha value is -1.81. The second kappa shape index (κ2) is 7.59. The van der Waals surface area contributed by atoms with Crippen molar-refractivity contribution in [3.63, 3.8) is 0 Å². The molecule has 19 heavy (non-hydrogen) atoms. The SMILES string of the molecule is CC(C)C(CCO)NC(=O)/C=C/c1ccc(N)cc1. The molecule has 0 saturated heterocycles. The van der Waals surface area contributed by atoms with Crippen LogP contribution >= 0.6 is 0 Å². The van der Waals surface area contributed by atoms with E-state index in [0.29, 0.717) is 18.0 Å². The van der Waals surface area contributed by atoms with Gasteiger partial charge in [-0.1, -0.05) is 26.0 Å². The molecule has 0 radical (unpaired) electrons. The summed E-state index contributed by atoms with van der Waals surface area (Å²) in [6.07, 6.45) is 3.81. The van der Waals surface area contributed by atoms with E-state index in [9.17, 15) is 4.79 Å². The van der Waals surface area contributed by atoms with Crippen molar-refractivity contribution in [2.45, 2.75) is 26.3 Å². The molecule has 1 rings (SSSR count). The first-order chi connectivity index (χ1) is 9.02. The number of benzene rings is 1. The number of carbonyl (C=O) groups is 1. The molecule has 0 aromatic heterocycles. The predicted molar refractivity (Wildman–Crippen MR) is 78.4 cm³/mol. The number of aliphatic hydroxyl groups is 1. The number of amides is 1. The number of nitrogens with one attached hydrogen (secondary N) is 1. The van der Waals surface area contributed by atoms with Crippen LogP contribution < -0.4 is 11.1 Å². The Morgan fingerprint density at radius 2 is 2.00 bits per heavy atom. The summed E-state index contributed by atoms with van der Waals surface area (Å²) < 4.78 is 0. The quantitative estimate of drug-likeness (QED) is 0.540. The zero-order chi connectivity index (χ0) is 14.3. The summed E-state index contributed by atoms with van der Waals surface area (Å²) in [7, 11) is 0. The van der Waals surface area contributed by atoms with Gasteiger partial charge in [-0.25, -0.2) is 0 Å². The molecule has 1 aromatic carbocycles. The lowest BCUT2D eigenvalue weighted by atomic mass is 10.0. The van der Waals surface area contributed by atoms with Crippen LogP contribution in [0.1, 0.15) is 25.8 Å². The van der Waals surface area contributed by atoms with Crippen LogP contribution in [0.2, 0.25) is 0 Å². The van der Waals surface area contributed by atoms with E-state index in [1.165, 1.54) is 6.08 Å². The van der Waals surface area contributed by atoms with Gasteiger partial charge in [-0.05, 0) is 36.1 Å². The van der Waals surface area contributed by atoms with E-state index in [4.69, 9.17) is 10.8 Å². The molecule has 1 amide bonds. The third kappa shape index (κ3) is 5.57. The van der Waals surface area contributed by atoms with E-state index in [-0.39, 0.29) is 18.6 Å². The molecule has 0 aliphatic carbocycles. The van der Waals surface area contributed by atoms with Crippen molar-refractivity contribution in [3.05, 3.63) is 35.9 Å². The largest absolute Gasteiger partial charge is 0.399 e. The fourth-order valence-electron chi connectivity index (χ4n) is 1.72. The Morgan fingerprint density at radius 3 is 2.53 bits per heavy atom. The summed E-state index contributed by atoms with van der Waals surface area (Å²) in [5.74, 6) is 0.144. The zero-order valence-electron chi connectivity index (χ0n) is 11.5. The van der Waals surface area contributed by atoms with Crippen LogP contribution in [0.4, 0.5) is 5.69 Å². The Labute approximate surface area is 114 Å². The summed E-state index contributed by atoms with van der Waals surface area (Å²) in [6.45, 7) is 4.11. The van der Waals surface area contributed by atoms with Gasteiger partial charge >= 0.3 is 0 Å². The van der Waals surface area contributed by atoms with E-state index >= 15 is 0 Å². The van der Waals surface area contributed by atoms with Crippen LogP contribution in [0.3, 0.4) is 0 Å². The number of rotatable bonds is 6. The van der Waals surface area contributed by atoms with E-state index in [0.717, 1.165) is 5.56 Å². The maximum atomic E-state index is 11.8. The number of carbonyl (C=O) groups excluding carboxylic acids is 1. The molecule has 1 aromatic rings. The van der Waals surface area contributed by atoms with Gasteiger partial charge in [0.15, 0.2) is 0 Å². The second-order valence-corrected chi connectivity index (χ2v) is 4.87. The van der Waals surface area contributed by atoms with E-state index in [2.05, 4.69) is 5.32 Å². The lowest BCUT2D eigenvalue weighted by molar-refractivity contribution is -0.117. The summed E-state index contributed by atoms with van der Waals surface area (Å²) >= 11 is 0. The van der Waals surface area contributed by atoms with Gasteiger partial charge in [-0.3, -0.25) is 4.79 Å². The fraction of sp³-hybridized carbons (Fsp3) is 0.400. The van der Waals surface area contributed by atoms with Crippen molar-refractivity contribution in [1.29, 1.82) is 0 Å². The molecule has 104 valence electrons. The van der Waals surface area contributed by atoms with E-state index in [1.54, 1.807) is 18.2 Å². The smallest absolute Gasteiger partial charge is 0.244 e. The van der Waals surface area contributed by atoms with Gasteiger partial charge in [0.05, 0.1) is 0 Å². The van der Waals surface area contributed by atoms with Crippen LogP contribution in [0.15, 0.2) is 30.3 Å². The highest BCUT2D eigenvalue weighted by atomic mass is 16.3. The first-order valence-corrected chi connectivity index (χ1v) is 6.48. The molecule has 0 aliphatic heterocycles. The summed E-state index contributed by atoms with van der Waals surface area (Å²) in [5, 5.41) is 11.8. The fourth-order valence-corrected chi connectivity index (χ4v) is 1.72. The average Bonchev–Trinajstić information content (AvgIpc) is 2.37. The van der Waals surface area contributed by atoms with Crippen molar-refractivity contribution in [2.24, 2.45) is 5.92 Å². The highest BCUT2D eigenvalue weighted by molar-refractivity contribution is 5.91. The van der Waals surface area contributed by atoms with Gasteiger partial charge in [0.2, 0.25) is 5.91 Å². The average molecular weight is 262 g/mol. The van der Waals surface area contributed by atoms with Crippen molar-refractivity contribution in [2.75, 3.05) is 12.3 Å². The minimum Gasteiger partial charge on any atom is -0.399 e. The molecular weight excluding hydrogens is 240 g/mol. The third-order valence-electron chi connectivity index (χ3n) is 2.94. The number of nitrogens with two attached hydrogens (primary N) is 1.